The zero-order chi connectivity index (χ0) is 26.0. The number of benzene rings is 3. The number of nitrogens with one attached hydrogen (secondary N) is 4. The summed E-state index contributed by atoms with van der Waals surface area (Å²) in [5, 5.41) is 18.0. The van der Waals surface area contributed by atoms with Crippen molar-refractivity contribution in [2.75, 3.05) is 6.54 Å². The highest BCUT2D eigenvalue weighted by molar-refractivity contribution is 5.98. The lowest BCUT2D eigenvalue weighted by molar-refractivity contribution is -0.129. The van der Waals surface area contributed by atoms with Crippen LogP contribution in [0.4, 0.5) is 0 Å². The van der Waals surface area contributed by atoms with E-state index in [-0.39, 0.29) is 19.4 Å². The van der Waals surface area contributed by atoms with Crippen molar-refractivity contribution in [3.05, 3.63) is 108 Å². The second-order valence-electron chi connectivity index (χ2n) is 8.58. The fourth-order valence-electron chi connectivity index (χ4n) is 4.14. The van der Waals surface area contributed by atoms with Crippen molar-refractivity contribution in [3.8, 4) is 6.07 Å². The minimum Gasteiger partial charge on any atom is -0.361 e. The first kappa shape index (κ1) is 25.2. The van der Waals surface area contributed by atoms with Crippen LogP contribution in [0.5, 0.6) is 0 Å². The van der Waals surface area contributed by atoms with Crippen LogP contribution in [0, 0.1) is 11.3 Å². The molecule has 3 amide bonds. The van der Waals surface area contributed by atoms with E-state index in [9.17, 15) is 14.4 Å². The Hall–Kier alpha value is -4.90. The van der Waals surface area contributed by atoms with Gasteiger partial charge in [-0.1, -0.05) is 66.7 Å². The summed E-state index contributed by atoms with van der Waals surface area (Å²) in [6, 6.07) is 25.6. The van der Waals surface area contributed by atoms with Crippen LogP contribution in [-0.4, -0.2) is 41.3 Å². The largest absolute Gasteiger partial charge is 0.361 e. The molecule has 0 aliphatic rings. The molecule has 0 fully saturated rings. The highest BCUT2D eigenvalue weighted by atomic mass is 16.2. The first-order chi connectivity index (χ1) is 18.0. The molecule has 2 atom stereocenters. The summed E-state index contributed by atoms with van der Waals surface area (Å²) in [5.74, 6) is -1.37. The molecule has 37 heavy (non-hydrogen) atoms. The van der Waals surface area contributed by atoms with Crippen molar-refractivity contribution in [3.63, 3.8) is 0 Å². The van der Waals surface area contributed by atoms with Crippen LogP contribution in [-0.2, 0) is 22.4 Å². The van der Waals surface area contributed by atoms with Gasteiger partial charge in [0.2, 0.25) is 11.8 Å². The lowest BCUT2D eigenvalue weighted by atomic mass is 10.0. The minimum absolute atomic E-state index is 0.177. The summed E-state index contributed by atoms with van der Waals surface area (Å²) in [7, 11) is 0. The molecule has 186 valence electrons. The van der Waals surface area contributed by atoms with Crippen LogP contribution in [0.1, 0.15) is 21.5 Å². The molecular formula is C29H27N5O3. The number of H-pyrrole nitrogens is 1. The normalized spacial score (nSPS) is 12.2. The third-order valence-electron chi connectivity index (χ3n) is 6.01. The van der Waals surface area contributed by atoms with Gasteiger partial charge in [0.25, 0.3) is 5.91 Å². The molecule has 0 spiro atoms. The first-order valence-electron chi connectivity index (χ1n) is 11.9. The number of fused-ring (bicyclic) bond motifs is 1. The summed E-state index contributed by atoms with van der Waals surface area (Å²) < 4.78 is 0. The molecule has 4 aromatic rings. The summed E-state index contributed by atoms with van der Waals surface area (Å²) in [4.78, 5) is 42.6. The van der Waals surface area contributed by atoms with Gasteiger partial charge in [0, 0.05) is 35.5 Å². The Morgan fingerprint density at radius 2 is 1.43 bits per heavy atom. The highest BCUT2D eigenvalue weighted by Crippen LogP contribution is 2.19. The lowest BCUT2D eigenvalue weighted by Gasteiger charge is -2.23. The Labute approximate surface area is 214 Å². The zero-order valence-corrected chi connectivity index (χ0v) is 20.1. The molecule has 0 radical (unpaired) electrons. The van der Waals surface area contributed by atoms with Gasteiger partial charge in [-0.25, -0.2) is 0 Å². The number of carbonyl (C=O) groups excluding carboxylic acids is 3. The Kier molecular flexibility index (Phi) is 8.29. The Balaban J connectivity index is 1.59. The van der Waals surface area contributed by atoms with E-state index in [0.29, 0.717) is 5.56 Å². The monoisotopic (exact) mass is 493 g/mol. The molecule has 0 saturated heterocycles. The smallest absolute Gasteiger partial charge is 0.251 e. The van der Waals surface area contributed by atoms with E-state index in [1.54, 1.807) is 30.3 Å². The number of nitrogens with zero attached hydrogens (tertiary/aromatic N) is 1. The van der Waals surface area contributed by atoms with Crippen molar-refractivity contribution < 1.29 is 14.4 Å². The molecule has 0 unspecified atom stereocenters. The van der Waals surface area contributed by atoms with Gasteiger partial charge >= 0.3 is 0 Å². The molecule has 4 rings (SSSR count). The van der Waals surface area contributed by atoms with Crippen molar-refractivity contribution >= 4 is 28.6 Å². The number of carbonyl (C=O) groups is 3. The Morgan fingerprint density at radius 1 is 0.784 bits per heavy atom. The Bertz CT molecular complexity index is 1410. The second kappa shape index (κ2) is 12.2. The van der Waals surface area contributed by atoms with Gasteiger partial charge in [-0.05, 0) is 29.3 Å². The maximum atomic E-state index is 13.6. The SMILES string of the molecule is N#CCNC(=O)[C@@H](Cc1ccccc1)NC(=O)[C@H](Cc1c[nH]c2ccccc12)NC(=O)c1ccccc1. The second-order valence-corrected chi connectivity index (χ2v) is 8.58. The fraction of sp³-hybridized carbons (Fsp3) is 0.172. The predicted molar refractivity (Wildman–Crippen MR) is 140 cm³/mol. The van der Waals surface area contributed by atoms with Crippen molar-refractivity contribution in [2.24, 2.45) is 0 Å². The first-order valence-corrected chi connectivity index (χ1v) is 11.9. The summed E-state index contributed by atoms with van der Waals surface area (Å²) in [6.45, 7) is -0.177. The van der Waals surface area contributed by atoms with E-state index in [1.165, 1.54) is 0 Å². The van der Waals surface area contributed by atoms with Crippen molar-refractivity contribution in [1.29, 1.82) is 5.26 Å². The zero-order valence-electron chi connectivity index (χ0n) is 20.1. The van der Waals surface area contributed by atoms with Gasteiger partial charge in [-0.2, -0.15) is 5.26 Å². The van der Waals surface area contributed by atoms with E-state index < -0.39 is 29.8 Å². The fourth-order valence-corrected chi connectivity index (χ4v) is 4.14. The molecule has 0 bridgehead atoms. The van der Waals surface area contributed by atoms with Crippen LogP contribution >= 0.6 is 0 Å². The van der Waals surface area contributed by atoms with E-state index in [1.807, 2.05) is 66.9 Å². The quantitative estimate of drug-likeness (QED) is 0.253. The van der Waals surface area contributed by atoms with E-state index in [2.05, 4.69) is 20.9 Å². The van der Waals surface area contributed by atoms with Gasteiger partial charge in [-0.3, -0.25) is 14.4 Å². The minimum atomic E-state index is -0.950. The van der Waals surface area contributed by atoms with Gasteiger partial charge in [0.15, 0.2) is 0 Å². The topological polar surface area (TPSA) is 127 Å². The standard InChI is InChI=1S/C29H27N5O3/c30-15-16-31-28(36)25(17-20-9-3-1-4-10-20)34-29(37)26(33-27(35)21-11-5-2-6-12-21)18-22-19-32-24-14-8-7-13-23(22)24/h1-14,19,25-26,32H,16-18H2,(H,31,36)(H,33,35)(H,34,37)/t25-,26+/m1/s1. The van der Waals surface area contributed by atoms with E-state index in [4.69, 9.17) is 5.26 Å². The molecule has 1 heterocycles. The molecule has 3 aromatic carbocycles. The van der Waals surface area contributed by atoms with Gasteiger partial charge in [0.05, 0.1) is 6.07 Å². The van der Waals surface area contributed by atoms with Crippen molar-refractivity contribution in [1.82, 2.24) is 20.9 Å². The van der Waals surface area contributed by atoms with Gasteiger partial charge in [0.1, 0.15) is 18.6 Å². The van der Waals surface area contributed by atoms with E-state index in [0.717, 1.165) is 22.0 Å². The van der Waals surface area contributed by atoms with Crippen molar-refractivity contribution in [2.45, 2.75) is 24.9 Å². The van der Waals surface area contributed by atoms with Gasteiger partial charge in [-0.15, -0.1) is 0 Å². The van der Waals surface area contributed by atoms with E-state index >= 15 is 0 Å². The molecule has 1 aromatic heterocycles. The molecule has 8 heteroatoms. The average molecular weight is 494 g/mol. The molecule has 8 nitrogen and oxygen atoms in total. The third-order valence-corrected chi connectivity index (χ3v) is 6.01. The third kappa shape index (κ3) is 6.61. The molecule has 4 N–H and O–H groups in total. The number of hydrogen-bond donors (Lipinski definition) is 4. The van der Waals surface area contributed by atoms with Crippen LogP contribution in [0.2, 0.25) is 0 Å². The number of para-hydroxylation sites is 1. The number of rotatable bonds is 10. The number of hydrogen-bond acceptors (Lipinski definition) is 4. The maximum absolute atomic E-state index is 13.6. The average Bonchev–Trinajstić information content (AvgIpc) is 3.34. The molecule has 0 saturated carbocycles. The number of aromatic nitrogens is 1. The summed E-state index contributed by atoms with van der Waals surface area (Å²) in [6.07, 6.45) is 2.27. The van der Waals surface area contributed by atoms with Crippen LogP contribution < -0.4 is 16.0 Å². The molecule has 0 aliphatic heterocycles. The Morgan fingerprint density at radius 3 is 2.16 bits per heavy atom. The highest BCUT2D eigenvalue weighted by Gasteiger charge is 2.28. The number of nitriles is 1. The number of aromatic amines is 1. The molecule has 0 aliphatic carbocycles. The summed E-state index contributed by atoms with van der Waals surface area (Å²) >= 11 is 0. The van der Waals surface area contributed by atoms with Crippen LogP contribution in [0.3, 0.4) is 0 Å². The van der Waals surface area contributed by atoms with Crippen LogP contribution in [0.15, 0.2) is 91.1 Å². The van der Waals surface area contributed by atoms with Gasteiger partial charge < -0.3 is 20.9 Å². The summed E-state index contributed by atoms with van der Waals surface area (Å²) in [5.41, 5.74) is 3.05. The lowest BCUT2D eigenvalue weighted by Crippen LogP contribution is -2.55. The molecular weight excluding hydrogens is 466 g/mol. The number of amides is 3. The maximum Gasteiger partial charge on any atom is 0.251 e. The van der Waals surface area contributed by atoms with Crippen LogP contribution in [0.25, 0.3) is 10.9 Å². The predicted octanol–water partition coefficient (Wildman–Crippen LogP) is 2.88.